The van der Waals surface area contributed by atoms with Crippen LogP contribution in [0.2, 0.25) is 24.7 Å². The van der Waals surface area contributed by atoms with Crippen LogP contribution in [-0.2, 0) is 0 Å². The van der Waals surface area contributed by atoms with Gasteiger partial charge in [0.15, 0.2) is 0 Å². The summed E-state index contributed by atoms with van der Waals surface area (Å²) >= 11 is 0. The second-order valence-corrected chi connectivity index (χ2v) is 9.60. The minimum atomic E-state index is -1.30. The molecule has 4 heteroatoms. The van der Waals surface area contributed by atoms with Crippen LogP contribution < -0.4 is 0 Å². The van der Waals surface area contributed by atoms with Gasteiger partial charge >= 0.3 is 0 Å². The van der Waals surface area contributed by atoms with Gasteiger partial charge < -0.3 is 10.2 Å². The highest BCUT2D eigenvalue weighted by Crippen LogP contribution is 2.26. The molecule has 0 aliphatic rings. The van der Waals surface area contributed by atoms with Crippen molar-refractivity contribution in [1.82, 2.24) is 0 Å². The van der Waals surface area contributed by atoms with Gasteiger partial charge in [-0.15, -0.1) is 0 Å². The third-order valence-electron chi connectivity index (χ3n) is 2.95. The molecule has 0 aromatic heterocycles. The Morgan fingerprint density at radius 3 is 1.87 bits per heavy atom. The first-order valence-electron chi connectivity index (χ1n) is 5.77. The quantitative estimate of drug-likeness (QED) is 0.470. The molecule has 0 spiro atoms. The highest BCUT2D eigenvalue weighted by molar-refractivity contribution is 6.78. The van der Waals surface area contributed by atoms with Crippen LogP contribution in [0, 0.1) is 11.3 Å². The molecule has 88 valence electrons. The molecule has 0 unspecified atom stereocenters. The van der Waals surface area contributed by atoms with Gasteiger partial charge in [0.1, 0.15) is 0 Å². The molecule has 2 N–H and O–H groups in total. The lowest BCUT2D eigenvalue weighted by Gasteiger charge is -2.26. The van der Waals surface area contributed by atoms with E-state index >= 15 is 0 Å². The number of hydrogen-bond donors (Lipinski definition) is 2. The Hall–Kier alpha value is -0.373. The minimum Gasteiger partial charge on any atom is -0.396 e. The second kappa shape index (κ2) is 8.90. The number of aliphatic hydroxyl groups excluding tert-OH is 2. The van der Waals surface area contributed by atoms with E-state index in [2.05, 4.69) is 12.6 Å². The summed E-state index contributed by atoms with van der Waals surface area (Å²) in [5.74, 6) is 0. The fraction of sp³-hybridized carbons (Fsp3) is 0.909. The summed E-state index contributed by atoms with van der Waals surface area (Å²) in [6.07, 6.45) is 3.37. The van der Waals surface area contributed by atoms with Crippen molar-refractivity contribution >= 4 is 8.07 Å². The summed E-state index contributed by atoms with van der Waals surface area (Å²) in [4.78, 5) is 0. The molecule has 0 aromatic rings. The first-order chi connectivity index (χ1) is 7.18. The Balaban J connectivity index is 3.96. The van der Waals surface area contributed by atoms with Crippen molar-refractivity contribution < 1.29 is 10.2 Å². The van der Waals surface area contributed by atoms with Gasteiger partial charge in [0.05, 0.1) is 14.1 Å². The molecule has 0 saturated heterocycles. The lowest BCUT2D eigenvalue weighted by atomic mass is 10.4. The van der Waals surface area contributed by atoms with E-state index in [1.807, 2.05) is 0 Å². The Kier molecular flexibility index (Phi) is 8.68. The summed E-state index contributed by atoms with van der Waals surface area (Å²) in [5.41, 5.74) is 0. The van der Waals surface area contributed by atoms with E-state index in [1.54, 1.807) is 0 Å². The van der Waals surface area contributed by atoms with Gasteiger partial charge in [0.25, 0.3) is 0 Å². The van der Waals surface area contributed by atoms with Gasteiger partial charge in [-0.25, -0.2) is 0 Å². The third kappa shape index (κ3) is 7.54. The molecule has 0 aliphatic carbocycles. The smallest absolute Gasteiger partial charge is 0.0621 e. The minimum absolute atomic E-state index is 0.264. The predicted molar refractivity (Wildman–Crippen MR) is 64.3 cm³/mol. The monoisotopic (exact) mass is 229 g/mol. The summed E-state index contributed by atoms with van der Waals surface area (Å²) < 4.78 is 0. The van der Waals surface area contributed by atoms with E-state index < -0.39 is 8.07 Å². The number of nitrogens with zero attached hydrogens (tertiary/aromatic N) is 1. The summed E-state index contributed by atoms with van der Waals surface area (Å²) in [7, 11) is -1.30. The molecule has 0 amide bonds. The van der Waals surface area contributed by atoms with E-state index in [0.29, 0.717) is 6.42 Å². The van der Waals surface area contributed by atoms with Crippen LogP contribution >= 0.6 is 0 Å². The molecule has 15 heavy (non-hydrogen) atoms. The fourth-order valence-corrected chi connectivity index (χ4v) is 5.78. The van der Waals surface area contributed by atoms with Crippen molar-refractivity contribution in [2.45, 2.75) is 50.4 Å². The van der Waals surface area contributed by atoms with Crippen molar-refractivity contribution in [3.8, 4) is 6.07 Å². The lowest BCUT2D eigenvalue weighted by molar-refractivity contribution is 0.291. The Morgan fingerprint density at radius 2 is 1.47 bits per heavy atom. The first kappa shape index (κ1) is 14.6. The van der Waals surface area contributed by atoms with Gasteiger partial charge in [-0.1, -0.05) is 24.7 Å². The van der Waals surface area contributed by atoms with Crippen molar-refractivity contribution in [3.63, 3.8) is 0 Å². The van der Waals surface area contributed by atoms with Gasteiger partial charge in [-0.3, -0.25) is 0 Å². The zero-order chi connectivity index (χ0) is 11.6. The molecule has 0 saturated carbocycles. The largest absolute Gasteiger partial charge is 0.396 e. The molecule has 0 heterocycles. The van der Waals surface area contributed by atoms with Crippen molar-refractivity contribution in [3.05, 3.63) is 0 Å². The Morgan fingerprint density at radius 1 is 1.00 bits per heavy atom. The van der Waals surface area contributed by atoms with Crippen LogP contribution in [0.5, 0.6) is 0 Å². The molecule has 0 rings (SSSR count). The SMILES string of the molecule is C[Si](CCCO)(CCCO)CCCC#N. The molecule has 0 aromatic carbocycles. The molecule has 3 nitrogen and oxygen atoms in total. The number of rotatable bonds is 9. The highest BCUT2D eigenvalue weighted by Gasteiger charge is 2.24. The normalized spacial score (nSPS) is 11.3. The van der Waals surface area contributed by atoms with Gasteiger partial charge in [0.2, 0.25) is 0 Å². The Labute approximate surface area is 93.8 Å². The average Bonchev–Trinajstić information content (AvgIpc) is 2.24. The number of nitriles is 1. The molecule has 0 aliphatic heterocycles. The maximum absolute atomic E-state index is 8.85. The average molecular weight is 229 g/mol. The molecule has 0 bridgehead atoms. The van der Waals surface area contributed by atoms with E-state index in [4.69, 9.17) is 15.5 Å². The van der Waals surface area contributed by atoms with Gasteiger partial charge in [-0.05, 0) is 19.3 Å². The van der Waals surface area contributed by atoms with Crippen molar-refractivity contribution in [2.24, 2.45) is 0 Å². The molecule has 0 atom stereocenters. The van der Waals surface area contributed by atoms with Crippen molar-refractivity contribution in [2.75, 3.05) is 13.2 Å². The summed E-state index contributed by atoms with van der Waals surface area (Å²) in [6, 6.07) is 5.57. The maximum atomic E-state index is 8.85. The zero-order valence-electron chi connectivity index (χ0n) is 9.71. The van der Waals surface area contributed by atoms with Crippen LogP contribution in [0.3, 0.4) is 0 Å². The topological polar surface area (TPSA) is 64.2 Å². The van der Waals surface area contributed by atoms with Crippen LogP contribution in [0.25, 0.3) is 0 Å². The predicted octanol–water partition coefficient (Wildman–Crippen LogP) is 2.13. The van der Waals surface area contributed by atoms with E-state index in [0.717, 1.165) is 37.4 Å². The molecule has 0 fully saturated rings. The fourth-order valence-electron chi connectivity index (χ4n) is 1.98. The van der Waals surface area contributed by atoms with Gasteiger partial charge in [-0.2, -0.15) is 5.26 Å². The van der Waals surface area contributed by atoms with Gasteiger partial charge in [0, 0.05) is 19.6 Å². The number of unbranched alkanes of at least 4 members (excludes halogenated alkanes) is 1. The van der Waals surface area contributed by atoms with Crippen LogP contribution in [0.1, 0.15) is 25.7 Å². The molecular formula is C11H23NO2Si. The van der Waals surface area contributed by atoms with Crippen LogP contribution in [-0.4, -0.2) is 31.5 Å². The van der Waals surface area contributed by atoms with E-state index in [-0.39, 0.29) is 13.2 Å². The third-order valence-corrected chi connectivity index (χ3v) is 7.63. The zero-order valence-corrected chi connectivity index (χ0v) is 10.7. The second-order valence-electron chi connectivity index (χ2n) is 4.48. The van der Waals surface area contributed by atoms with Crippen LogP contribution in [0.15, 0.2) is 0 Å². The Bertz CT molecular complexity index is 184. The molecular weight excluding hydrogens is 206 g/mol. The van der Waals surface area contributed by atoms with Crippen LogP contribution in [0.4, 0.5) is 0 Å². The van der Waals surface area contributed by atoms with E-state index in [9.17, 15) is 0 Å². The standard InChI is InChI=1S/C11H23NO2Si/c1-15(10-4-7-13,11-5-8-14)9-3-2-6-12/h13-14H,2-5,7-11H2,1H3. The number of hydrogen-bond acceptors (Lipinski definition) is 3. The first-order valence-corrected chi connectivity index (χ1v) is 8.89. The summed E-state index contributed by atoms with van der Waals surface area (Å²) in [5, 5.41) is 26.2. The number of aliphatic hydroxyl groups is 2. The highest BCUT2D eigenvalue weighted by atomic mass is 28.3. The summed E-state index contributed by atoms with van der Waals surface area (Å²) in [6.45, 7) is 2.86. The van der Waals surface area contributed by atoms with E-state index in [1.165, 1.54) is 0 Å². The maximum Gasteiger partial charge on any atom is 0.0621 e. The van der Waals surface area contributed by atoms with Crippen molar-refractivity contribution in [1.29, 1.82) is 5.26 Å². The lowest BCUT2D eigenvalue weighted by Crippen LogP contribution is -2.30. The molecule has 0 radical (unpaired) electrons.